The summed E-state index contributed by atoms with van der Waals surface area (Å²) in [6.45, 7) is 13.9. The van der Waals surface area contributed by atoms with E-state index in [4.69, 9.17) is 16.0 Å². The Hall–Kier alpha value is -1.59. The molecule has 0 aromatic carbocycles. The van der Waals surface area contributed by atoms with E-state index in [0.29, 0.717) is 35.4 Å². The van der Waals surface area contributed by atoms with Crippen LogP contribution in [0, 0.1) is 18.8 Å². The van der Waals surface area contributed by atoms with Crippen molar-refractivity contribution < 1.29 is 8.81 Å². The van der Waals surface area contributed by atoms with Crippen LogP contribution in [0.1, 0.15) is 63.3 Å². The zero-order valence-corrected chi connectivity index (χ0v) is 18.6. The molecule has 1 aromatic heterocycles. The van der Waals surface area contributed by atoms with Gasteiger partial charge in [-0.15, -0.1) is 0 Å². The summed E-state index contributed by atoms with van der Waals surface area (Å²) >= 11 is 6.26. The molecule has 29 heavy (non-hydrogen) atoms. The molecule has 4 nitrogen and oxygen atoms in total. The van der Waals surface area contributed by atoms with Gasteiger partial charge in [-0.1, -0.05) is 44.5 Å². The smallest absolute Gasteiger partial charge is 0.230 e. The lowest BCUT2D eigenvalue weighted by Gasteiger charge is -2.32. The first-order chi connectivity index (χ1) is 13.9. The Morgan fingerprint density at radius 3 is 2.83 bits per heavy atom. The van der Waals surface area contributed by atoms with E-state index in [2.05, 4.69) is 28.7 Å². The molecule has 0 bridgehead atoms. The van der Waals surface area contributed by atoms with Crippen LogP contribution in [0.4, 0.5) is 4.39 Å². The first-order valence-electron chi connectivity index (χ1n) is 10.8. The number of unbranched alkanes of at least 4 members (excludes halogenated alkanes) is 1. The molecule has 3 rings (SSSR count). The zero-order valence-electron chi connectivity index (χ0n) is 17.9. The van der Waals surface area contributed by atoms with Gasteiger partial charge in [0.25, 0.3) is 0 Å². The van der Waals surface area contributed by atoms with Gasteiger partial charge in [0.1, 0.15) is 11.6 Å². The number of oxazole rings is 1. The summed E-state index contributed by atoms with van der Waals surface area (Å²) < 4.78 is 20.5. The summed E-state index contributed by atoms with van der Waals surface area (Å²) in [6, 6.07) is 0. The van der Waals surface area contributed by atoms with E-state index in [1.54, 1.807) is 0 Å². The summed E-state index contributed by atoms with van der Waals surface area (Å²) in [4.78, 5) is 6.99. The van der Waals surface area contributed by atoms with E-state index in [0.717, 1.165) is 43.9 Å². The number of allylic oxidation sites excluding steroid dienone is 5. The molecule has 1 unspecified atom stereocenters. The van der Waals surface area contributed by atoms with E-state index in [9.17, 15) is 4.39 Å². The topological polar surface area (TPSA) is 41.3 Å². The molecule has 0 radical (unpaired) electrons. The van der Waals surface area contributed by atoms with E-state index >= 15 is 0 Å². The molecule has 2 heterocycles. The minimum atomic E-state index is -0.236. The lowest BCUT2D eigenvalue weighted by molar-refractivity contribution is 0.186. The van der Waals surface area contributed by atoms with Crippen molar-refractivity contribution in [1.82, 2.24) is 15.2 Å². The van der Waals surface area contributed by atoms with Crippen molar-refractivity contribution in [3.05, 3.63) is 46.6 Å². The fourth-order valence-electron chi connectivity index (χ4n) is 3.95. The van der Waals surface area contributed by atoms with Crippen LogP contribution in [0.2, 0.25) is 0 Å². The van der Waals surface area contributed by atoms with Gasteiger partial charge in [-0.2, -0.15) is 0 Å². The highest BCUT2D eigenvalue weighted by atomic mass is 35.5. The third-order valence-corrected chi connectivity index (χ3v) is 6.35. The highest BCUT2D eigenvalue weighted by molar-refractivity contribution is 6.37. The van der Waals surface area contributed by atoms with Crippen molar-refractivity contribution in [1.29, 1.82) is 0 Å². The molecule has 0 spiro atoms. The molecule has 1 N–H and O–H groups in total. The Kier molecular flexibility index (Phi) is 7.58. The molecule has 1 aliphatic heterocycles. The lowest BCUT2D eigenvalue weighted by atomic mass is 9.94. The molecule has 1 aliphatic carbocycles. The molecule has 1 aromatic rings. The molecule has 1 atom stereocenters. The lowest BCUT2D eigenvalue weighted by Crippen LogP contribution is -2.36. The van der Waals surface area contributed by atoms with Gasteiger partial charge in [0, 0.05) is 30.6 Å². The second kappa shape index (κ2) is 9.94. The number of aryl methyl sites for hydroxylation is 1. The molecule has 160 valence electrons. The van der Waals surface area contributed by atoms with Gasteiger partial charge in [0.2, 0.25) is 5.89 Å². The maximum atomic E-state index is 14.6. The predicted octanol–water partition coefficient (Wildman–Crippen LogP) is 5.94. The maximum absolute atomic E-state index is 14.6. The third-order valence-electron chi connectivity index (χ3n) is 6.00. The van der Waals surface area contributed by atoms with E-state index in [-0.39, 0.29) is 11.7 Å². The Balaban J connectivity index is 1.59. The van der Waals surface area contributed by atoms with Gasteiger partial charge in [-0.05, 0) is 45.7 Å². The van der Waals surface area contributed by atoms with Crippen molar-refractivity contribution >= 4 is 17.2 Å². The number of nitrogens with zero attached hydrogens (tertiary/aromatic N) is 2. The number of aromatic nitrogens is 1. The van der Waals surface area contributed by atoms with Gasteiger partial charge in [0.15, 0.2) is 0 Å². The number of rotatable bonds is 8. The second-order valence-electron chi connectivity index (χ2n) is 8.29. The van der Waals surface area contributed by atoms with Crippen LogP contribution in [0.25, 0.3) is 5.57 Å². The first-order valence-corrected chi connectivity index (χ1v) is 11.2. The van der Waals surface area contributed by atoms with Crippen LogP contribution in [0.5, 0.6) is 0 Å². The fourth-order valence-corrected chi connectivity index (χ4v) is 4.21. The summed E-state index contributed by atoms with van der Waals surface area (Å²) in [5.74, 6) is 1.13. The Morgan fingerprint density at radius 2 is 2.14 bits per heavy atom. The van der Waals surface area contributed by atoms with Crippen molar-refractivity contribution in [2.75, 3.05) is 19.6 Å². The van der Waals surface area contributed by atoms with Crippen LogP contribution < -0.4 is 5.32 Å². The molecule has 1 saturated heterocycles. The number of hydrogen-bond acceptors (Lipinski definition) is 4. The highest BCUT2D eigenvalue weighted by Gasteiger charge is 2.28. The van der Waals surface area contributed by atoms with E-state index in [1.807, 2.05) is 19.9 Å². The Morgan fingerprint density at radius 1 is 1.41 bits per heavy atom. The Bertz CT molecular complexity index is 790. The minimum Gasteiger partial charge on any atom is -0.441 e. The number of likely N-dealkylation sites (tertiary alicyclic amines) is 1. The van der Waals surface area contributed by atoms with Crippen molar-refractivity contribution in [3.63, 3.8) is 0 Å². The average molecular weight is 422 g/mol. The molecule has 0 saturated carbocycles. The predicted molar refractivity (Wildman–Crippen MR) is 117 cm³/mol. The number of piperidine rings is 1. The molecule has 0 amide bonds. The quantitative estimate of drug-likeness (QED) is 0.527. The van der Waals surface area contributed by atoms with Crippen molar-refractivity contribution in [2.24, 2.45) is 11.8 Å². The summed E-state index contributed by atoms with van der Waals surface area (Å²) in [5.41, 5.74) is 2.35. The van der Waals surface area contributed by atoms with Crippen LogP contribution in [0.15, 0.2) is 33.6 Å². The molecular weight excluding hydrogens is 389 g/mol. The summed E-state index contributed by atoms with van der Waals surface area (Å²) in [7, 11) is 0. The normalized spacial score (nSPS) is 21.4. The van der Waals surface area contributed by atoms with Gasteiger partial charge in [-0.3, -0.25) is 4.90 Å². The maximum Gasteiger partial charge on any atom is 0.230 e. The molecule has 2 aliphatic rings. The van der Waals surface area contributed by atoms with Crippen molar-refractivity contribution in [3.8, 4) is 0 Å². The van der Waals surface area contributed by atoms with Crippen LogP contribution in [-0.2, 0) is 6.54 Å². The standard InChI is InChI=1S/C23H33ClFN3O/c1-5-6-11-26-16(3)18-9-12-28(13-10-18)14-20-17(4)29-23(27-20)21-19(24)8-7-15(2)22(21)25/h8,15,18,26H,3,5-7,9-14H2,1-2,4H3. The highest BCUT2D eigenvalue weighted by Crippen LogP contribution is 2.39. The fraction of sp³-hybridized carbons (Fsp3) is 0.609. The van der Waals surface area contributed by atoms with Crippen LogP contribution in [0.3, 0.4) is 0 Å². The zero-order chi connectivity index (χ0) is 21.0. The van der Waals surface area contributed by atoms with E-state index < -0.39 is 0 Å². The van der Waals surface area contributed by atoms with Gasteiger partial charge in [0.05, 0.1) is 16.3 Å². The minimum absolute atomic E-state index is 0.193. The van der Waals surface area contributed by atoms with Crippen LogP contribution >= 0.6 is 11.6 Å². The van der Waals surface area contributed by atoms with Crippen LogP contribution in [-0.4, -0.2) is 29.5 Å². The number of nitrogens with one attached hydrogen (secondary N) is 1. The third kappa shape index (κ3) is 5.32. The summed E-state index contributed by atoms with van der Waals surface area (Å²) in [5, 5.41) is 3.87. The number of halogens is 2. The molecule has 6 heteroatoms. The average Bonchev–Trinajstić information content (AvgIpc) is 3.05. The number of hydrogen-bond donors (Lipinski definition) is 1. The molecular formula is C23H33ClFN3O. The molecule has 1 fully saturated rings. The van der Waals surface area contributed by atoms with Crippen molar-refractivity contribution in [2.45, 2.75) is 59.4 Å². The van der Waals surface area contributed by atoms with E-state index in [1.165, 1.54) is 18.5 Å². The second-order valence-corrected chi connectivity index (χ2v) is 8.70. The van der Waals surface area contributed by atoms with Gasteiger partial charge >= 0.3 is 0 Å². The van der Waals surface area contributed by atoms with Gasteiger partial charge < -0.3 is 9.73 Å². The monoisotopic (exact) mass is 421 g/mol. The first kappa shape index (κ1) is 22.1. The largest absolute Gasteiger partial charge is 0.441 e. The van der Waals surface area contributed by atoms with Gasteiger partial charge in [-0.25, -0.2) is 9.37 Å². The Labute approximate surface area is 178 Å². The summed E-state index contributed by atoms with van der Waals surface area (Å²) in [6.07, 6.45) is 7.00. The SMILES string of the molecule is C=C(NCCCC)C1CCN(Cc2nc(C3=C(F)C(C)CC=C3Cl)oc2C)CC1.